The number of para-hydroxylation sites is 2. The molecule has 2 heterocycles. The molecule has 0 saturated carbocycles. The molecule has 0 amide bonds. The van der Waals surface area contributed by atoms with Crippen molar-refractivity contribution in [3.63, 3.8) is 0 Å². The fourth-order valence-corrected chi connectivity index (χ4v) is 2.93. The molecule has 0 bridgehead atoms. The van der Waals surface area contributed by atoms with E-state index in [0.717, 1.165) is 49.9 Å². The fraction of sp³-hybridized carbons (Fsp3) is 0.471. The molecule has 118 valence electrons. The molecule has 1 N–H and O–H groups in total. The van der Waals surface area contributed by atoms with Crippen LogP contribution >= 0.6 is 0 Å². The fourth-order valence-electron chi connectivity index (χ4n) is 2.93. The first-order valence-electron chi connectivity index (χ1n) is 7.96. The van der Waals surface area contributed by atoms with E-state index in [1.54, 1.807) is 0 Å². The number of H-pyrrole nitrogens is 1. The zero-order valence-corrected chi connectivity index (χ0v) is 13.4. The van der Waals surface area contributed by atoms with E-state index in [4.69, 9.17) is 4.74 Å². The third-order valence-corrected chi connectivity index (χ3v) is 4.02. The van der Waals surface area contributed by atoms with Gasteiger partial charge in [-0.15, -0.1) is 0 Å². The second-order valence-corrected chi connectivity index (χ2v) is 5.71. The molecule has 3 rings (SSSR count). The second kappa shape index (κ2) is 6.83. The first-order chi connectivity index (χ1) is 10.8. The van der Waals surface area contributed by atoms with Gasteiger partial charge in [0.2, 0.25) is 0 Å². The molecule has 0 radical (unpaired) electrons. The van der Waals surface area contributed by atoms with Crippen LogP contribution in [0.25, 0.3) is 0 Å². The molecule has 22 heavy (non-hydrogen) atoms. The van der Waals surface area contributed by atoms with Crippen LogP contribution in [0.5, 0.6) is 5.75 Å². The van der Waals surface area contributed by atoms with Crippen LogP contribution in [0.15, 0.2) is 30.3 Å². The van der Waals surface area contributed by atoms with Crippen LogP contribution in [0.3, 0.4) is 0 Å². The summed E-state index contributed by atoms with van der Waals surface area (Å²) in [6, 6.07) is 10.4. The Hall–Kier alpha value is -2.01. The SMILES string of the molecule is CCOc1ccccc1N1CCN(Cc2cc(C)[nH]n2)CC1. The van der Waals surface area contributed by atoms with Crippen LogP contribution in [0, 0.1) is 6.92 Å². The van der Waals surface area contributed by atoms with E-state index in [2.05, 4.69) is 44.3 Å². The third-order valence-electron chi connectivity index (χ3n) is 4.02. The smallest absolute Gasteiger partial charge is 0.142 e. The van der Waals surface area contributed by atoms with Crippen LogP contribution in [0.2, 0.25) is 0 Å². The monoisotopic (exact) mass is 300 g/mol. The Morgan fingerprint density at radius 2 is 1.95 bits per heavy atom. The number of aryl methyl sites for hydroxylation is 1. The molecule has 0 atom stereocenters. The van der Waals surface area contributed by atoms with Gasteiger partial charge in [-0.05, 0) is 32.0 Å². The first kappa shape index (κ1) is 14.9. The topological polar surface area (TPSA) is 44.4 Å². The van der Waals surface area contributed by atoms with Crippen molar-refractivity contribution in [3.05, 3.63) is 41.7 Å². The molecule has 5 nitrogen and oxygen atoms in total. The van der Waals surface area contributed by atoms with Gasteiger partial charge in [-0.1, -0.05) is 12.1 Å². The maximum atomic E-state index is 5.75. The van der Waals surface area contributed by atoms with Crippen molar-refractivity contribution in [2.45, 2.75) is 20.4 Å². The van der Waals surface area contributed by atoms with Gasteiger partial charge in [0.1, 0.15) is 5.75 Å². The van der Waals surface area contributed by atoms with Crippen LogP contribution < -0.4 is 9.64 Å². The number of nitrogens with one attached hydrogen (secondary N) is 1. The highest BCUT2D eigenvalue weighted by Crippen LogP contribution is 2.28. The number of aromatic nitrogens is 2. The Morgan fingerprint density at radius 1 is 1.18 bits per heavy atom. The van der Waals surface area contributed by atoms with Gasteiger partial charge >= 0.3 is 0 Å². The van der Waals surface area contributed by atoms with Crippen molar-refractivity contribution in [1.82, 2.24) is 15.1 Å². The normalized spacial score (nSPS) is 16.0. The lowest BCUT2D eigenvalue weighted by Gasteiger charge is -2.36. The number of ether oxygens (including phenoxy) is 1. The van der Waals surface area contributed by atoms with Gasteiger partial charge in [0, 0.05) is 38.4 Å². The number of rotatable bonds is 5. The highest BCUT2D eigenvalue weighted by atomic mass is 16.5. The van der Waals surface area contributed by atoms with E-state index in [9.17, 15) is 0 Å². The molecule has 0 spiro atoms. The number of hydrogen-bond acceptors (Lipinski definition) is 4. The second-order valence-electron chi connectivity index (χ2n) is 5.71. The van der Waals surface area contributed by atoms with Crippen LogP contribution in [-0.2, 0) is 6.54 Å². The zero-order valence-electron chi connectivity index (χ0n) is 13.4. The van der Waals surface area contributed by atoms with Crippen molar-refractivity contribution < 1.29 is 4.74 Å². The average Bonchev–Trinajstić information content (AvgIpc) is 2.94. The van der Waals surface area contributed by atoms with E-state index in [0.29, 0.717) is 6.61 Å². The summed E-state index contributed by atoms with van der Waals surface area (Å²) in [5.41, 5.74) is 3.46. The average molecular weight is 300 g/mol. The molecule has 1 aromatic carbocycles. The minimum Gasteiger partial charge on any atom is -0.492 e. The van der Waals surface area contributed by atoms with Gasteiger partial charge in [-0.25, -0.2) is 0 Å². The maximum absolute atomic E-state index is 5.75. The third kappa shape index (κ3) is 3.42. The number of anilines is 1. The Morgan fingerprint density at radius 3 is 2.64 bits per heavy atom. The Balaban J connectivity index is 1.59. The molecule has 2 aromatic rings. The molecular formula is C17H24N4O. The summed E-state index contributed by atoms with van der Waals surface area (Å²) in [7, 11) is 0. The van der Waals surface area contributed by atoms with Gasteiger partial charge in [0.25, 0.3) is 0 Å². The van der Waals surface area contributed by atoms with E-state index < -0.39 is 0 Å². The van der Waals surface area contributed by atoms with E-state index in [1.165, 1.54) is 5.69 Å². The van der Waals surface area contributed by atoms with Crippen LogP contribution in [-0.4, -0.2) is 47.9 Å². The predicted molar refractivity (Wildman–Crippen MR) is 88.4 cm³/mol. The lowest BCUT2D eigenvalue weighted by Crippen LogP contribution is -2.46. The van der Waals surface area contributed by atoms with Crippen molar-refractivity contribution in [1.29, 1.82) is 0 Å². The molecule has 1 aliphatic heterocycles. The van der Waals surface area contributed by atoms with Crippen molar-refractivity contribution in [2.75, 3.05) is 37.7 Å². The zero-order chi connectivity index (χ0) is 15.4. The number of nitrogens with zero attached hydrogens (tertiary/aromatic N) is 3. The van der Waals surface area contributed by atoms with E-state index in [-0.39, 0.29) is 0 Å². The Labute approximate surface area is 131 Å². The lowest BCUT2D eigenvalue weighted by atomic mass is 10.2. The van der Waals surface area contributed by atoms with Gasteiger partial charge in [0.15, 0.2) is 0 Å². The number of hydrogen-bond donors (Lipinski definition) is 1. The van der Waals surface area contributed by atoms with Crippen molar-refractivity contribution in [2.24, 2.45) is 0 Å². The Bertz CT molecular complexity index is 602. The molecule has 1 aromatic heterocycles. The molecule has 0 unspecified atom stereocenters. The highest BCUT2D eigenvalue weighted by Gasteiger charge is 2.20. The van der Waals surface area contributed by atoms with Crippen molar-refractivity contribution >= 4 is 5.69 Å². The summed E-state index contributed by atoms with van der Waals surface area (Å²) in [5.74, 6) is 0.987. The molecule has 1 aliphatic rings. The minimum absolute atomic E-state index is 0.704. The van der Waals surface area contributed by atoms with E-state index in [1.807, 2.05) is 19.9 Å². The number of piperazine rings is 1. The Kier molecular flexibility index (Phi) is 4.63. The predicted octanol–water partition coefficient (Wildman–Crippen LogP) is 2.44. The van der Waals surface area contributed by atoms with Gasteiger partial charge < -0.3 is 9.64 Å². The molecule has 1 saturated heterocycles. The quantitative estimate of drug-likeness (QED) is 0.921. The first-order valence-corrected chi connectivity index (χ1v) is 7.96. The molecular weight excluding hydrogens is 276 g/mol. The van der Waals surface area contributed by atoms with Gasteiger partial charge in [-0.2, -0.15) is 5.10 Å². The van der Waals surface area contributed by atoms with Crippen molar-refractivity contribution in [3.8, 4) is 5.75 Å². The molecule has 1 fully saturated rings. The number of benzene rings is 1. The summed E-state index contributed by atoms with van der Waals surface area (Å²) in [6.07, 6.45) is 0. The summed E-state index contributed by atoms with van der Waals surface area (Å²) in [4.78, 5) is 4.87. The van der Waals surface area contributed by atoms with Gasteiger partial charge in [-0.3, -0.25) is 10.00 Å². The summed E-state index contributed by atoms with van der Waals surface area (Å²) >= 11 is 0. The standard InChI is InChI=1S/C17H24N4O/c1-3-22-17-7-5-4-6-16(17)21-10-8-20(9-11-21)13-15-12-14(2)18-19-15/h4-7,12H,3,8-11,13H2,1-2H3,(H,18,19). The maximum Gasteiger partial charge on any atom is 0.142 e. The molecule has 5 heteroatoms. The van der Waals surface area contributed by atoms with Crippen LogP contribution in [0.1, 0.15) is 18.3 Å². The molecule has 0 aliphatic carbocycles. The summed E-state index contributed by atoms with van der Waals surface area (Å²) in [5, 5.41) is 7.34. The highest BCUT2D eigenvalue weighted by molar-refractivity contribution is 5.58. The number of aromatic amines is 1. The lowest BCUT2D eigenvalue weighted by molar-refractivity contribution is 0.246. The summed E-state index contributed by atoms with van der Waals surface area (Å²) in [6.45, 7) is 9.83. The summed E-state index contributed by atoms with van der Waals surface area (Å²) < 4.78 is 5.75. The minimum atomic E-state index is 0.704. The van der Waals surface area contributed by atoms with Gasteiger partial charge in [0.05, 0.1) is 18.0 Å². The largest absolute Gasteiger partial charge is 0.492 e. The van der Waals surface area contributed by atoms with Crippen LogP contribution in [0.4, 0.5) is 5.69 Å². The van der Waals surface area contributed by atoms with E-state index >= 15 is 0 Å².